The Hall–Kier alpha value is -1.93. The van der Waals surface area contributed by atoms with Crippen LogP contribution in [-0.4, -0.2) is 49.9 Å². The summed E-state index contributed by atoms with van der Waals surface area (Å²) in [4.78, 5) is 24.4. The van der Waals surface area contributed by atoms with E-state index < -0.39 is 16.1 Å². The van der Waals surface area contributed by atoms with Gasteiger partial charge in [-0.2, -0.15) is 4.31 Å². The number of nitrogens with zero attached hydrogens (tertiary/aromatic N) is 1. The number of hydrogen-bond acceptors (Lipinski definition) is 4. The lowest BCUT2D eigenvalue weighted by Gasteiger charge is -2.33. The van der Waals surface area contributed by atoms with Gasteiger partial charge in [0.1, 0.15) is 6.04 Å². The predicted octanol–water partition coefficient (Wildman–Crippen LogP) is 1.58. The van der Waals surface area contributed by atoms with Gasteiger partial charge in [0.2, 0.25) is 15.9 Å². The van der Waals surface area contributed by atoms with Gasteiger partial charge in [-0.15, -0.1) is 0 Å². The molecule has 0 saturated carbocycles. The lowest BCUT2D eigenvalue weighted by atomic mass is 10.0. The normalized spacial score (nSPS) is 18.6. The van der Waals surface area contributed by atoms with Crippen molar-refractivity contribution in [1.29, 1.82) is 0 Å². The summed E-state index contributed by atoms with van der Waals surface area (Å²) in [5, 5.41) is 5.28. The molecule has 7 nitrogen and oxygen atoms in total. The molecule has 1 aromatic rings. The largest absolute Gasteiger partial charge is 0.355 e. The Kier molecular flexibility index (Phi) is 6.55. The number of hydrogen-bond donors (Lipinski definition) is 2. The first-order chi connectivity index (χ1) is 11.9. The fourth-order valence-corrected chi connectivity index (χ4v) is 4.73. The second kappa shape index (κ2) is 8.44. The Balaban J connectivity index is 2.17. The van der Waals surface area contributed by atoms with Crippen molar-refractivity contribution in [3.8, 4) is 0 Å². The zero-order valence-electron chi connectivity index (χ0n) is 14.6. The van der Waals surface area contributed by atoms with Gasteiger partial charge in [0.05, 0.1) is 5.75 Å². The molecule has 1 heterocycles. The number of piperidine rings is 1. The highest BCUT2D eigenvalue weighted by Crippen LogP contribution is 2.23. The number of rotatable bonds is 6. The van der Waals surface area contributed by atoms with Crippen LogP contribution in [0.15, 0.2) is 24.3 Å². The highest BCUT2D eigenvalue weighted by Gasteiger charge is 2.36. The van der Waals surface area contributed by atoms with Crippen molar-refractivity contribution in [2.24, 2.45) is 0 Å². The molecule has 2 rings (SSSR count). The first-order valence-corrected chi connectivity index (χ1v) is 10.1. The van der Waals surface area contributed by atoms with Crippen LogP contribution in [0, 0.1) is 0 Å². The molecular weight excluding hydrogens is 342 g/mol. The molecular formula is C17H25N3O4S. The monoisotopic (exact) mass is 367 g/mol. The maximum atomic E-state index is 12.7. The minimum atomic E-state index is -3.44. The van der Waals surface area contributed by atoms with Crippen molar-refractivity contribution in [1.82, 2.24) is 9.62 Å². The third-order valence-electron chi connectivity index (χ3n) is 4.20. The van der Waals surface area contributed by atoms with E-state index in [0.29, 0.717) is 30.6 Å². The lowest BCUT2D eigenvalue weighted by molar-refractivity contribution is -0.120. The molecule has 1 atom stereocenters. The number of sulfonamides is 1. The number of carbonyl (C=O) groups is 2. The molecule has 0 aromatic heterocycles. The minimum absolute atomic E-state index is 0.0446. The Bertz CT molecular complexity index is 733. The first-order valence-electron chi connectivity index (χ1n) is 8.51. The number of nitrogens with one attached hydrogen (secondary N) is 2. The number of benzene rings is 1. The Labute approximate surface area is 148 Å². The van der Waals surface area contributed by atoms with Gasteiger partial charge < -0.3 is 10.6 Å². The van der Waals surface area contributed by atoms with Crippen molar-refractivity contribution in [2.75, 3.05) is 24.7 Å². The molecule has 8 heteroatoms. The van der Waals surface area contributed by atoms with E-state index >= 15 is 0 Å². The molecule has 1 aliphatic rings. The van der Waals surface area contributed by atoms with Gasteiger partial charge in [-0.3, -0.25) is 9.59 Å². The van der Waals surface area contributed by atoms with Crippen LogP contribution in [-0.2, 0) is 14.8 Å². The van der Waals surface area contributed by atoms with Crippen LogP contribution in [0.4, 0.5) is 5.69 Å². The Morgan fingerprint density at radius 3 is 2.72 bits per heavy atom. The van der Waals surface area contributed by atoms with Gasteiger partial charge in [0, 0.05) is 24.8 Å². The molecule has 138 valence electrons. The average Bonchev–Trinajstić information content (AvgIpc) is 2.61. The molecule has 2 amide bonds. The van der Waals surface area contributed by atoms with Crippen molar-refractivity contribution in [2.45, 2.75) is 38.6 Å². The highest BCUT2D eigenvalue weighted by atomic mass is 32.2. The number of anilines is 1. The van der Waals surface area contributed by atoms with Crippen LogP contribution in [0.1, 0.15) is 43.0 Å². The third-order valence-corrected chi connectivity index (χ3v) is 6.27. The summed E-state index contributed by atoms with van der Waals surface area (Å²) in [7, 11) is -1.90. The molecule has 0 radical (unpaired) electrons. The van der Waals surface area contributed by atoms with E-state index in [0.717, 1.165) is 12.8 Å². The second-order valence-electron chi connectivity index (χ2n) is 6.09. The van der Waals surface area contributed by atoms with E-state index in [4.69, 9.17) is 0 Å². The van der Waals surface area contributed by atoms with Crippen LogP contribution >= 0.6 is 0 Å². The van der Waals surface area contributed by atoms with Crippen molar-refractivity contribution in [3.63, 3.8) is 0 Å². The van der Waals surface area contributed by atoms with E-state index in [1.807, 2.05) is 0 Å². The van der Waals surface area contributed by atoms with Crippen molar-refractivity contribution in [3.05, 3.63) is 29.8 Å². The molecule has 0 bridgehead atoms. The summed E-state index contributed by atoms with van der Waals surface area (Å²) < 4.78 is 26.2. The van der Waals surface area contributed by atoms with Crippen LogP contribution < -0.4 is 10.6 Å². The predicted molar refractivity (Wildman–Crippen MR) is 96.9 cm³/mol. The molecule has 1 aliphatic heterocycles. The maximum Gasteiger partial charge on any atom is 0.251 e. The van der Waals surface area contributed by atoms with E-state index in [1.54, 1.807) is 31.2 Å². The summed E-state index contributed by atoms with van der Waals surface area (Å²) in [5.74, 6) is -0.558. The van der Waals surface area contributed by atoms with Crippen molar-refractivity contribution >= 4 is 27.5 Å². The summed E-state index contributed by atoms with van der Waals surface area (Å²) in [6, 6.07) is 5.87. The topological polar surface area (TPSA) is 95.6 Å². The summed E-state index contributed by atoms with van der Waals surface area (Å²) in [6.07, 6.45) is 2.60. The second-order valence-corrected chi connectivity index (χ2v) is 8.13. The van der Waals surface area contributed by atoms with Gasteiger partial charge in [-0.25, -0.2) is 8.42 Å². The fourth-order valence-electron chi connectivity index (χ4n) is 2.98. The van der Waals surface area contributed by atoms with E-state index in [1.165, 1.54) is 11.4 Å². The van der Waals surface area contributed by atoms with E-state index in [9.17, 15) is 18.0 Å². The van der Waals surface area contributed by atoms with Gasteiger partial charge in [0.15, 0.2) is 0 Å². The average molecular weight is 367 g/mol. The zero-order valence-corrected chi connectivity index (χ0v) is 15.4. The van der Waals surface area contributed by atoms with Crippen LogP contribution in [0.2, 0.25) is 0 Å². The molecule has 2 N–H and O–H groups in total. The summed E-state index contributed by atoms with van der Waals surface area (Å²) in [5.41, 5.74) is 0.906. The van der Waals surface area contributed by atoms with Gasteiger partial charge in [-0.05, 0) is 37.5 Å². The molecule has 1 unspecified atom stereocenters. The van der Waals surface area contributed by atoms with Gasteiger partial charge in [0.25, 0.3) is 5.91 Å². The third kappa shape index (κ3) is 4.79. The summed E-state index contributed by atoms with van der Waals surface area (Å²) in [6.45, 7) is 2.18. The van der Waals surface area contributed by atoms with Crippen LogP contribution in [0.5, 0.6) is 0 Å². The van der Waals surface area contributed by atoms with Crippen LogP contribution in [0.3, 0.4) is 0 Å². The van der Waals surface area contributed by atoms with Crippen LogP contribution in [0.25, 0.3) is 0 Å². The summed E-state index contributed by atoms with van der Waals surface area (Å²) >= 11 is 0. The number of amides is 2. The highest BCUT2D eigenvalue weighted by molar-refractivity contribution is 7.89. The maximum absolute atomic E-state index is 12.7. The van der Waals surface area contributed by atoms with Gasteiger partial charge in [-0.1, -0.05) is 19.4 Å². The lowest BCUT2D eigenvalue weighted by Crippen LogP contribution is -2.50. The molecule has 1 fully saturated rings. The standard InChI is InChI=1S/C17H25N3O4S/c1-3-11-25(23,24)20-10-5-4-9-15(20)17(22)19-14-8-6-7-13(12-14)16(21)18-2/h6-8,12,15H,3-5,9-11H2,1-2H3,(H,18,21)(H,19,22). The molecule has 0 aliphatic carbocycles. The first kappa shape index (κ1) is 19.4. The number of carbonyl (C=O) groups excluding carboxylic acids is 2. The SMILES string of the molecule is CCCS(=O)(=O)N1CCCCC1C(=O)Nc1cccc(C(=O)NC)c1. The Morgan fingerprint density at radius 1 is 1.28 bits per heavy atom. The quantitative estimate of drug-likeness (QED) is 0.798. The van der Waals surface area contributed by atoms with E-state index in [-0.39, 0.29) is 17.6 Å². The molecule has 0 spiro atoms. The van der Waals surface area contributed by atoms with Crippen molar-refractivity contribution < 1.29 is 18.0 Å². The van der Waals surface area contributed by atoms with E-state index in [2.05, 4.69) is 10.6 Å². The molecule has 25 heavy (non-hydrogen) atoms. The molecule has 1 saturated heterocycles. The van der Waals surface area contributed by atoms with Gasteiger partial charge >= 0.3 is 0 Å². The minimum Gasteiger partial charge on any atom is -0.355 e. The molecule has 1 aromatic carbocycles. The fraction of sp³-hybridized carbons (Fsp3) is 0.529. The Morgan fingerprint density at radius 2 is 2.04 bits per heavy atom. The zero-order chi connectivity index (χ0) is 18.4. The smallest absolute Gasteiger partial charge is 0.251 e.